The zero-order valence-electron chi connectivity index (χ0n) is 8.21. The van der Waals surface area contributed by atoms with Crippen LogP contribution in [0.15, 0.2) is 12.2 Å². The van der Waals surface area contributed by atoms with Gasteiger partial charge in [-0.15, -0.1) is 0 Å². The molecule has 0 aromatic rings. The number of aldehydes is 1. The number of hydrogen-bond donors (Lipinski definition) is 0. The molecule has 0 fully saturated rings. The summed E-state index contributed by atoms with van der Waals surface area (Å²) in [6.45, 7) is 6.51. The van der Waals surface area contributed by atoms with E-state index in [2.05, 4.69) is 26.0 Å². The van der Waals surface area contributed by atoms with Crippen LogP contribution in [0, 0.1) is 17.3 Å². The van der Waals surface area contributed by atoms with Gasteiger partial charge in [0.1, 0.15) is 6.29 Å². The van der Waals surface area contributed by atoms with E-state index >= 15 is 0 Å². The van der Waals surface area contributed by atoms with E-state index in [1.165, 1.54) is 6.42 Å². The lowest BCUT2D eigenvalue weighted by Gasteiger charge is -2.37. The summed E-state index contributed by atoms with van der Waals surface area (Å²) in [5.41, 5.74) is 0.301. The molecule has 0 aliphatic heterocycles. The molecule has 1 aliphatic carbocycles. The monoisotopic (exact) mass is 166 g/mol. The van der Waals surface area contributed by atoms with Gasteiger partial charge in [0.2, 0.25) is 0 Å². The van der Waals surface area contributed by atoms with Crippen LogP contribution < -0.4 is 0 Å². The van der Waals surface area contributed by atoms with Crippen molar-refractivity contribution in [3.05, 3.63) is 12.2 Å². The number of hydrogen-bond acceptors (Lipinski definition) is 1. The largest absolute Gasteiger partial charge is 0.303 e. The van der Waals surface area contributed by atoms with Crippen molar-refractivity contribution >= 4 is 6.29 Å². The van der Waals surface area contributed by atoms with E-state index in [0.717, 1.165) is 12.7 Å². The summed E-state index contributed by atoms with van der Waals surface area (Å²) in [4.78, 5) is 10.7. The number of carbonyl (C=O) groups is 1. The summed E-state index contributed by atoms with van der Waals surface area (Å²) in [5.74, 6) is 0.597. The second kappa shape index (κ2) is 3.42. The number of rotatable bonds is 2. The molecule has 68 valence electrons. The van der Waals surface area contributed by atoms with Crippen molar-refractivity contribution in [1.82, 2.24) is 0 Å². The zero-order chi connectivity index (χ0) is 9.19. The first kappa shape index (κ1) is 9.50. The first-order chi connectivity index (χ1) is 5.58. The highest BCUT2D eigenvalue weighted by molar-refractivity contribution is 5.54. The standard InChI is InChI=1S/C11H18O/c1-9(8-12)10-6-4-5-7-11(10,2)3/h4,6,8-10H,5,7H2,1-3H3. The van der Waals surface area contributed by atoms with Crippen molar-refractivity contribution in [2.45, 2.75) is 33.6 Å². The lowest BCUT2D eigenvalue weighted by atomic mass is 9.67. The van der Waals surface area contributed by atoms with Crippen molar-refractivity contribution in [2.24, 2.45) is 17.3 Å². The van der Waals surface area contributed by atoms with Gasteiger partial charge in [0, 0.05) is 5.92 Å². The average Bonchev–Trinajstić information content (AvgIpc) is 2.02. The molecular formula is C11H18O. The minimum atomic E-state index is 0.163. The number of allylic oxidation sites excluding steroid dienone is 2. The summed E-state index contributed by atoms with van der Waals surface area (Å²) in [5, 5.41) is 0. The van der Waals surface area contributed by atoms with Gasteiger partial charge in [0.25, 0.3) is 0 Å². The van der Waals surface area contributed by atoms with Crippen LogP contribution >= 0.6 is 0 Å². The maximum Gasteiger partial charge on any atom is 0.123 e. The molecule has 0 N–H and O–H groups in total. The predicted octanol–water partition coefficient (Wildman–Crippen LogP) is 2.81. The van der Waals surface area contributed by atoms with Crippen LogP contribution in [-0.2, 0) is 4.79 Å². The predicted molar refractivity (Wildman–Crippen MR) is 50.9 cm³/mol. The van der Waals surface area contributed by atoms with Crippen molar-refractivity contribution < 1.29 is 4.79 Å². The first-order valence-electron chi connectivity index (χ1n) is 4.70. The maximum atomic E-state index is 10.7. The van der Waals surface area contributed by atoms with Crippen LogP contribution in [0.4, 0.5) is 0 Å². The molecule has 0 amide bonds. The van der Waals surface area contributed by atoms with Gasteiger partial charge in [-0.3, -0.25) is 0 Å². The molecule has 2 atom stereocenters. The quantitative estimate of drug-likeness (QED) is 0.455. The smallest absolute Gasteiger partial charge is 0.123 e. The molecule has 1 aliphatic rings. The third kappa shape index (κ3) is 1.77. The maximum absolute atomic E-state index is 10.7. The van der Waals surface area contributed by atoms with Crippen LogP contribution in [0.2, 0.25) is 0 Å². The highest BCUT2D eigenvalue weighted by Gasteiger charge is 2.32. The van der Waals surface area contributed by atoms with Gasteiger partial charge in [-0.1, -0.05) is 32.9 Å². The fourth-order valence-corrected chi connectivity index (χ4v) is 2.10. The second-order valence-corrected chi connectivity index (χ2v) is 4.48. The SMILES string of the molecule is CC(C=O)C1C=CCCC1(C)C. The summed E-state index contributed by atoms with van der Waals surface area (Å²) < 4.78 is 0. The molecule has 0 saturated heterocycles. The first-order valence-corrected chi connectivity index (χ1v) is 4.70. The third-order valence-electron chi connectivity index (χ3n) is 2.98. The van der Waals surface area contributed by atoms with Crippen LogP contribution in [-0.4, -0.2) is 6.29 Å². The van der Waals surface area contributed by atoms with E-state index in [4.69, 9.17) is 0 Å². The molecule has 0 heterocycles. The fourth-order valence-electron chi connectivity index (χ4n) is 2.10. The van der Waals surface area contributed by atoms with Gasteiger partial charge in [-0.2, -0.15) is 0 Å². The van der Waals surface area contributed by atoms with E-state index in [1.54, 1.807) is 0 Å². The molecule has 2 unspecified atom stereocenters. The lowest BCUT2D eigenvalue weighted by molar-refractivity contribution is -0.112. The summed E-state index contributed by atoms with van der Waals surface area (Å²) >= 11 is 0. The molecule has 0 aromatic heterocycles. The van der Waals surface area contributed by atoms with Crippen molar-refractivity contribution in [3.8, 4) is 0 Å². The Morgan fingerprint density at radius 1 is 1.58 bits per heavy atom. The second-order valence-electron chi connectivity index (χ2n) is 4.48. The molecule has 1 rings (SSSR count). The molecule has 0 saturated carbocycles. The Bertz CT molecular complexity index is 191. The highest BCUT2D eigenvalue weighted by Crippen LogP contribution is 2.40. The molecular weight excluding hydrogens is 148 g/mol. The molecule has 0 aromatic carbocycles. The molecule has 0 spiro atoms. The summed E-state index contributed by atoms with van der Waals surface area (Å²) in [6.07, 6.45) is 7.85. The Morgan fingerprint density at radius 2 is 2.25 bits per heavy atom. The molecule has 0 bridgehead atoms. The van der Waals surface area contributed by atoms with E-state index in [1.807, 2.05) is 6.92 Å². The van der Waals surface area contributed by atoms with Gasteiger partial charge < -0.3 is 4.79 Å². The van der Waals surface area contributed by atoms with Gasteiger partial charge in [-0.05, 0) is 24.2 Å². The Balaban J connectivity index is 2.78. The normalized spacial score (nSPS) is 29.8. The van der Waals surface area contributed by atoms with Crippen LogP contribution in [0.5, 0.6) is 0 Å². The van der Waals surface area contributed by atoms with Gasteiger partial charge in [-0.25, -0.2) is 0 Å². The molecule has 12 heavy (non-hydrogen) atoms. The van der Waals surface area contributed by atoms with E-state index in [9.17, 15) is 4.79 Å². The van der Waals surface area contributed by atoms with E-state index < -0.39 is 0 Å². The third-order valence-corrected chi connectivity index (χ3v) is 2.98. The zero-order valence-corrected chi connectivity index (χ0v) is 8.21. The van der Waals surface area contributed by atoms with Crippen molar-refractivity contribution in [3.63, 3.8) is 0 Å². The molecule has 1 nitrogen and oxygen atoms in total. The van der Waals surface area contributed by atoms with Gasteiger partial charge >= 0.3 is 0 Å². The number of carbonyl (C=O) groups excluding carboxylic acids is 1. The Hall–Kier alpha value is -0.590. The van der Waals surface area contributed by atoms with E-state index in [0.29, 0.717) is 11.3 Å². The minimum Gasteiger partial charge on any atom is -0.303 e. The minimum absolute atomic E-state index is 0.163. The molecule has 0 radical (unpaired) electrons. The van der Waals surface area contributed by atoms with Crippen LogP contribution in [0.25, 0.3) is 0 Å². The van der Waals surface area contributed by atoms with E-state index in [-0.39, 0.29) is 5.92 Å². The molecule has 1 heteroatoms. The Kier molecular flexibility index (Phi) is 2.71. The highest BCUT2D eigenvalue weighted by atomic mass is 16.1. The Labute approximate surface area is 74.9 Å². The fraction of sp³-hybridized carbons (Fsp3) is 0.727. The van der Waals surface area contributed by atoms with Crippen LogP contribution in [0.3, 0.4) is 0 Å². The summed E-state index contributed by atoms with van der Waals surface area (Å²) in [7, 11) is 0. The summed E-state index contributed by atoms with van der Waals surface area (Å²) in [6, 6.07) is 0. The van der Waals surface area contributed by atoms with Gasteiger partial charge in [0.15, 0.2) is 0 Å². The average molecular weight is 166 g/mol. The van der Waals surface area contributed by atoms with Crippen molar-refractivity contribution in [2.75, 3.05) is 0 Å². The van der Waals surface area contributed by atoms with Crippen molar-refractivity contribution in [1.29, 1.82) is 0 Å². The Morgan fingerprint density at radius 3 is 2.75 bits per heavy atom. The lowest BCUT2D eigenvalue weighted by Crippen LogP contribution is -2.30. The van der Waals surface area contributed by atoms with Crippen LogP contribution in [0.1, 0.15) is 33.6 Å². The van der Waals surface area contributed by atoms with Gasteiger partial charge in [0.05, 0.1) is 0 Å². The topological polar surface area (TPSA) is 17.1 Å².